The zero-order chi connectivity index (χ0) is 18.2. The molecule has 3 aromatic carbocycles. The molecule has 1 saturated carbocycles. The fourth-order valence-corrected chi connectivity index (χ4v) is 2.79. The molecule has 4 rings (SSSR count). The standard InChI is InChI=1S/C18H16O.C5H8O2/c1-2-10-17(11-3-1)19-14-13-16-9-6-8-15-7-4-5-12-18(15)16;1-7-5(6)4-2-3-4/h1-12H,13-14H2;4H,2-3H2,1H3. The van der Waals surface area contributed by atoms with E-state index in [0.717, 1.165) is 25.0 Å². The highest BCUT2D eigenvalue weighted by Gasteiger charge is 2.30. The summed E-state index contributed by atoms with van der Waals surface area (Å²) < 4.78 is 10.2. The Bertz CT molecular complexity index is 833. The van der Waals surface area contributed by atoms with Gasteiger partial charge in [-0.1, -0.05) is 60.7 Å². The van der Waals surface area contributed by atoms with E-state index in [1.807, 2.05) is 30.3 Å². The largest absolute Gasteiger partial charge is 0.493 e. The third-order valence-corrected chi connectivity index (χ3v) is 4.38. The van der Waals surface area contributed by atoms with Gasteiger partial charge in [0.2, 0.25) is 0 Å². The van der Waals surface area contributed by atoms with Gasteiger partial charge in [0.25, 0.3) is 0 Å². The van der Waals surface area contributed by atoms with Crippen molar-refractivity contribution < 1.29 is 14.3 Å². The Morgan fingerprint density at radius 1 is 0.923 bits per heavy atom. The summed E-state index contributed by atoms with van der Waals surface area (Å²) in [6.45, 7) is 0.706. The summed E-state index contributed by atoms with van der Waals surface area (Å²) in [5.74, 6) is 1.15. The van der Waals surface area contributed by atoms with Gasteiger partial charge in [-0.2, -0.15) is 0 Å². The van der Waals surface area contributed by atoms with E-state index in [1.165, 1.54) is 23.4 Å². The van der Waals surface area contributed by atoms with Crippen molar-refractivity contribution in [2.45, 2.75) is 19.3 Å². The number of ether oxygens (including phenoxy) is 2. The molecule has 1 fully saturated rings. The van der Waals surface area contributed by atoms with Crippen molar-refractivity contribution >= 4 is 16.7 Å². The minimum absolute atomic E-state index is 0.0417. The van der Waals surface area contributed by atoms with Crippen molar-refractivity contribution in [3.05, 3.63) is 78.4 Å². The van der Waals surface area contributed by atoms with Gasteiger partial charge in [-0.05, 0) is 41.3 Å². The number of fused-ring (bicyclic) bond motifs is 1. The molecule has 0 heterocycles. The molecular formula is C23H24O3. The van der Waals surface area contributed by atoms with Crippen LogP contribution >= 0.6 is 0 Å². The van der Waals surface area contributed by atoms with Gasteiger partial charge in [0.15, 0.2) is 0 Å². The zero-order valence-corrected chi connectivity index (χ0v) is 15.1. The highest BCUT2D eigenvalue weighted by Crippen LogP contribution is 2.29. The Balaban J connectivity index is 0.000000236. The Morgan fingerprint density at radius 3 is 2.31 bits per heavy atom. The number of esters is 1. The molecule has 1 aliphatic carbocycles. The number of para-hydroxylation sites is 1. The molecule has 0 saturated heterocycles. The van der Waals surface area contributed by atoms with E-state index in [9.17, 15) is 4.79 Å². The second-order valence-corrected chi connectivity index (χ2v) is 6.35. The van der Waals surface area contributed by atoms with Crippen LogP contribution in [-0.4, -0.2) is 19.7 Å². The molecule has 3 nitrogen and oxygen atoms in total. The molecule has 0 spiro atoms. The van der Waals surface area contributed by atoms with Crippen molar-refractivity contribution in [3.63, 3.8) is 0 Å². The maximum Gasteiger partial charge on any atom is 0.308 e. The average molecular weight is 348 g/mol. The van der Waals surface area contributed by atoms with Crippen LogP contribution in [0, 0.1) is 5.92 Å². The zero-order valence-electron chi connectivity index (χ0n) is 15.1. The second kappa shape index (κ2) is 9.04. The van der Waals surface area contributed by atoms with Crippen LogP contribution in [0.2, 0.25) is 0 Å². The lowest BCUT2D eigenvalue weighted by Gasteiger charge is -2.08. The highest BCUT2D eigenvalue weighted by molar-refractivity contribution is 5.85. The normalized spacial score (nSPS) is 12.8. The molecule has 3 heteroatoms. The van der Waals surface area contributed by atoms with Gasteiger partial charge >= 0.3 is 5.97 Å². The van der Waals surface area contributed by atoms with Crippen molar-refractivity contribution in [2.75, 3.05) is 13.7 Å². The molecule has 1 aliphatic rings. The van der Waals surface area contributed by atoms with Crippen LogP contribution in [0.5, 0.6) is 5.75 Å². The smallest absolute Gasteiger partial charge is 0.308 e. The molecule has 26 heavy (non-hydrogen) atoms. The number of methoxy groups -OCH3 is 1. The summed E-state index contributed by atoms with van der Waals surface area (Å²) in [4.78, 5) is 10.4. The van der Waals surface area contributed by atoms with Gasteiger partial charge in [0.1, 0.15) is 5.75 Å². The van der Waals surface area contributed by atoms with Crippen LogP contribution in [0.1, 0.15) is 18.4 Å². The number of rotatable bonds is 5. The van der Waals surface area contributed by atoms with E-state index >= 15 is 0 Å². The lowest BCUT2D eigenvalue weighted by molar-refractivity contribution is -0.142. The molecule has 0 N–H and O–H groups in total. The Hall–Kier alpha value is -2.81. The van der Waals surface area contributed by atoms with Gasteiger partial charge in [-0.15, -0.1) is 0 Å². The first-order valence-electron chi connectivity index (χ1n) is 9.00. The van der Waals surface area contributed by atoms with Crippen LogP contribution in [0.4, 0.5) is 0 Å². The number of carbonyl (C=O) groups is 1. The molecule has 0 unspecified atom stereocenters. The predicted octanol–water partition coefficient (Wildman–Crippen LogP) is 5.03. The molecule has 3 aromatic rings. The van der Waals surface area contributed by atoms with Crippen LogP contribution in [0.3, 0.4) is 0 Å². The fraction of sp³-hybridized carbons (Fsp3) is 0.261. The number of hydrogen-bond acceptors (Lipinski definition) is 3. The van der Waals surface area contributed by atoms with Gasteiger partial charge < -0.3 is 9.47 Å². The van der Waals surface area contributed by atoms with Gasteiger partial charge in [0, 0.05) is 6.42 Å². The summed E-state index contributed by atoms with van der Waals surface area (Å²) in [6.07, 6.45) is 3.00. The molecule has 0 atom stereocenters. The number of benzene rings is 3. The van der Waals surface area contributed by atoms with Gasteiger partial charge in [0.05, 0.1) is 19.6 Å². The summed E-state index contributed by atoms with van der Waals surface area (Å²) in [6, 6.07) is 24.9. The fourth-order valence-electron chi connectivity index (χ4n) is 2.79. The number of carbonyl (C=O) groups excluding carboxylic acids is 1. The minimum Gasteiger partial charge on any atom is -0.493 e. The maximum atomic E-state index is 10.4. The lowest BCUT2D eigenvalue weighted by Crippen LogP contribution is -2.01. The van der Waals surface area contributed by atoms with Crippen molar-refractivity contribution in [2.24, 2.45) is 5.92 Å². The topological polar surface area (TPSA) is 35.5 Å². The van der Waals surface area contributed by atoms with Gasteiger partial charge in [-0.25, -0.2) is 0 Å². The predicted molar refractivity (Wildman–Crippen MR) is 104 cm³/mol. The molecule has 0 bridgehead atoms. The monoisotopic (exact) mass is 348 g/mol. The summed E-state index contributed by atoms with van der Waals surface area (Å²) in [7, 11) is 1.43. The SMILES string of the molecule is COC(=O)C1CC1.c1ccc(OCCc2cccc3ccccc23)cc1. The van der Waals surface area contributed by atoms with Crippen LogP contribution in [0.15, 0.2) is 72.8 Å². The highest BCUT2D eigenvalue weighted by atomic mass is 16.5. The quantitative estimate of drug-likeness (QED) is 0.607. The summed E-state index contributed by atoms with van der Waals surface area (Å²) >= 11 is 0. The van der Waals surface area contributed by atoms with Crippen LogP contribution in [0.25, 0.3) is 10.8 Å². The molecule has 0 aliphatic heterocycles. The van der Waals surface area contributed by atoms with E-state index < -0.39 is 0 Å². The van der Waals surface area contributed by atoms with E-state index in [1.54, 1.807) is 0 Å². The van der Waals surface area contributed by atoms with Crippen LogP contribution in [-0.2, 0) is 16.0 Å². The lowest BCUT2D eigenvalue weighted by atomic mass is 10.0. The Labute approximate surface area is 154 Å². The van der Waals surface area contributed by atoms with E-state index in [-0.39, 0.29) is 11.9 Å². The van der Waals surface area contributed by atoms with Crippen molar-refractivity contribution in [1.82, 2.24) is 0 Å². The van der Waals surface area contributed by atoms with E-state index in [4.69, 9.17) is 4.74 Å². The minimum atomic E-state index is -0.0417. The molecular weight excluding hydrogens is 324 g/mol. The first kappa shape index (κ1) is 18.0. The summed E-state index contributed by atoms with van der Waals surface area (Å²) in [5, 5.41) is 2.61. The maximum absolute atomic E-state index is 10.4. The Kier molecular flexibility index (Phi) is 6.26. The molecule has 0 aromatic heterocycles. The van der Waals surface area contributed by atoms with E-state index in [2.05, 4.69) is 47.2 Å². The van der Waals surface area contributed by atoms with E-state index in [0.29, 0.717) is 6.61 Å². The first-order chi connectivity index (χ1) is 12.8. The third-order valence-electron chi connectivity index (χ3n) is 4.38. The number of hydrogen-bond donors (Lipinski definition) is 0. The van der Waals surface area contributed by atoms with Crippen LogP contribution < -0.4 is 4.74 Å². The molecule has 0 radical (unpaired) electrons. The third kappa shape index (κ3) is 5.09. The second-order valence-electron chi connectivity index (χ2n) is 6.35. The first-order valence-corrected chi connectivity index (χ1v) is 9.00. The van der Waals surface area contributed by atoms with Gasteiger partial charge in [-0.3, -0.25) is 4.79 Å². The summed E-state index contributed by atoms with van der Waals surface area (Å²) in [5.41, 5.74) is 1.34. The molecule has 0 amide bonds. The molecule has 134 valence electrons. The van der Waals surface area contributed by atoms with Crippen molar-refractivity contribution in [1.29, 1.82) is 0 Å². The van der Waals surface area contributed by atoms with Crippen molar-refractivity contribution in [3.8, 4) is 5.75 Å². The Morgan fingerprint density at radius 2 is 1.62 bits per heavy atom. The average Bonchev–Trinajstić information content (AvgIpc) is 3.54.